The first kappa shape index (κ1) is 20.7. The van der Waals surface area contributed by atoms with Crippen LogP contribution in [0.4, 0.5) is 0 Å². The van der Waals surface area contributed by atoms with Gasteiger partial charge >= 0.3 is 0 Å². The number of nitrogens with one attached hydrogen (secondary N) is 1. The van der Waals surface area contributed by atoms with Crippen LogP contribution < -0.4 is 14.8 Å². The fraction of sp³-hybridized carbons (Fsp3) is 0.217. The van der Waals surface area contributed by atoms with Gasteiger partial charge in [0.15, 0.2) is 11.5 Å². The van der Waals surface area contributed by atoms with Crippen molar-refractivity contribution >= 4 is 27.5 Å². The normalized spacial score (nSPS) is 10.7. The highest BCUT2D eigenvalue weighted by Crippen LogP contribution is 2.37. The summed E-state index contributed by atoms with van der Waals surface area (Å²) >= 11 is 9.90. The van der Waals surface area contributed by atoms with Crippen LogP contribution in [0, 0.1) is 6.92 Å². The smallest absolute Gasteiger partial charge is 0.167 e. The molecular formula is C23H23BrClNO2. The zero-order chi connectivity index (χ0) is 19.9. The van der Waals surface area contributed by atoms with Gasteiger partial charge in [-0.05, 0) is 36.2 Å². The predicted octanol–water partition coefficient (Wildman–Crippen LogP) is 6.29. The highest BCUT2D eigenvalue weighted by atomic mass is 79.9. The van der Waals surface area contributed by atoms with Gasteiger partial charge in [0.05, 0.1) is 7.11 Å². The van der Waals surface area contributed by atoms with E-state index in [1.165, 1.54) is 5.56 Å². The lowest BCUT2D eigenvalue weighted by atomic mass is 10.1. The second kappa shape index (κ2) is 9.97. The van der Waals surface area contributed by atoms with Gasteiger partial charge in [0.25, 0.3) is 0 Å². The van der Waals surface area contributed by atoms with Crippen molar-refractivity contribution in [3.8, 4) is 11.5 Å². The van der Waals surface area contributed by atoms with Gasteiger partial charge in [-0.3, -0.25) is 0 Å². The summed E-state index contributed by atoms with van der Waals surface area (Å²) in [5, 5.41) is 4.21. The Balaban J connectivity index is 1.76. The second-order valence-corrected chi connectivity index (χ2v) is 7.79. The topological polar surface area (TPSA) is 30.5 Å². The van der Waals surface area contributed by atoms with E-state index in [4.69, 9.17) is 21.1 Å². The highest BCUT2D eigenvalue weighted by molar-refractivity contribution is 9.10. The average molecular weight is 461 g/mol. The van der Waals surface area contributed by atoms with E-state index in [-0.39, 0.29) is 0 Å². The average Bonchev–Trinajstić information content (AvgIpc) is 2.69. The van der Waals surface area contributed by atoms with Crippen molar-refractivity contribution in [1.82, 2.24) is 5.32 Å². The monoisotopic (exact) mass is 459 g/mol. The minimum Gasteiger partial charge on any atom is -0.493 e. The van der Waals surface area contributed by atoms with E-state index >= 15 is 0 Å². The van der Waals surface area contributed by atoms with Crippen LogP contribution in [0.1, 0.15) is 22.3 Å². The molecule has 0 aliphatic heterocycles. The number of benzene rings is 3. The molecule has 0 saturated carbocycles. The van der Waals surface area contributed by atoms with Crippen molar-refractivity contribution in [1.29, 1.82) is 0 Å². The fourth-order valence-electron chi connectivity index (χ4n) is 2.99. The molecule has 0 bridgehead atoms. The van der Waals surface area contributed by atoms with Crippen LogP contribution in [0.3, 0.4) is 0 Å². The minimum absolute atomic E-state index is 0.478. The van der Waals surface area contributed by atoms with Gasteiger partial charge in [-0.2, -0.15) is 0 Å². The molecule has 0 aliphatic rings. The van der Waals surface area contributed by atoms with Gasteiger partial charge in [-0.1, -0.05) is 75.6 Å². The Morgan fingerprint density at radius 2 is 1.82 bits per heavy atom. The van der Waals surface area contributed by atoms with E-state index in [1.54, 1.807) is 7.11 Å². The van der Waals surface area contributed by atoms with E-state index in [1.807, 2.05) is 42.5 Å². The summed E-state index contributed by atoms with van der Waals surface area (Å²) in [7, 11) is 1.66. The first-order valence-electron chi connectivity index (χ1n) is 9.06. The largest absolute Gasteiger partial charge is 0.493 e. The molecular weight excluding hydrogens is 438 g/mol. The fourth-order valence-corrected chi connectivity index (χ4v) is 3.64. The van der Waals surface area contributed by atoms with E-state index < -0.39 is 0 Å². The molecule has 0 amide bonds. The summed E-state index contributed by atoms with van der Waals surface area (Å²) in [4.78, 5) is 0. The SMILES string of the molecule is COc1ccc(Br)c(CNCc2ccccc2Cl)c1OCc1cccc(C)c1. The van der Waals surface area contributed by atoms with E-state index in [0.717, 1.165) is 31.9 Å². The van der Waals surface area contributed by atoms with E-state index in [2.05, 4.69) is 46.4 Å². The Kier molecular flexibility index (Phi) is 7.37. The number of rotatable bonds is 8. The molecule has 3 aromatic rings. The van der Waals surface area contributed by atoms with E-state index in [9.17, 15) is 0 Å². The van der Waals surface area contributed by atoms with Crippen LogP contribution in [0.2, 0.25) is 5.02 Å². The molecule has 3 aromatic carbocycles. The molecule has 28 heavy (non-hydrogen) atoms. The number of halogens is 2. The molecule has 0 aromatic heterocycles. The highest BCUT2D eigenvalue weighted by Gasteiger charge is 2.15. The van der Waals surface area contributed by atoms with Crippen molar-refractivity contribution in [3.05, 3.63) is 92.4 Å². The Morgan fingerprint density at radius 3 is 2.57 bits per heavy atom. The lowest BCUT2D eigenvalue weighted by molar-refractivity contribution is 0.280. The molecule has 0 spiro atoms. The molecule has 5 heteroatoms. The van der Waals surface area contributed by atoms with Crippen molar-refractivity contribution in [2.75, 3.05) is 7.11 Å². The summed E-state index contributed by atoms with van der Waals surface area (Å²) in [6, 6.07) is 20.0. The predicted molar refractivity (Wildman–Crippen MR) is 118 cm³/mol. The summed E-state index contributed by atoms with van der Waals surface area (Å²) < 4.78 is 12.7. The Bertz CT molecular complexity index is 946. The Hall–Kier alpha value is -2.01. The molecule has 1 N–H and O–H groups in total. The standard InChI is InChI=1S/C23H23BrClNO2/c1-16-6-5-7-17(12-16)15-28-23-19(20(24)10-11-22(23)27-2)14-26-13-18-8-3-4-9-21(18)25/h3-12,26H,13-15H2,1-2H3. The quantitative estimate of drug-likeness (QED) is 0.428. The van der Waals surface area contributed by atoms with Gasteiger partial charge in [-0.25, -0.2) is 0 Å². The molecule has 0 saturated heterocycles. The Morgan fingerprint density at radius 1 is 1.00 bits per heavy atom. The number of hydrogen-bond acceptors (Lipinski definition) is 3. The molecule has 0 unspecified atom stereocenters. The van der Waals surface area contributed by atoms with Crippen molar-refractivity contribution < 1.29 is 9.47 Å². The molecule has 0 aliphatic carbocycles. The zero-order valence-corrected chi connectivity index (χ0v) is 18.3. The Labute approximate surface area is 179 Å². The van der Waals surface area contributed by atoms with Crippen molar-refractivity contribution in [3.63, 3.8) is 0 Å². The lowest BCUT2D eigenvalue weighted by Gasteiger charge is -2.17. The maximum absolute atomic E-state index is 6.25. The maximum atomic E-state index is 6.25. The van der Waals surface area contributed by atoms with Crippen molar-refractivity contribution in [2.45, 2.75) is 26.6 Å². The molecule has 3 nitrogen and oxygen atoms in total. The third-order valence-corrected chi connectivity index (χ3v) is 5.54. The molecule has 0 atom stereocenters. The molecule has 0 heterocycles. The van der Waals surface area contributed by atoms with Crippen LogP contribution in [0.15, 0.2) is 65.1 Å². The van der Waals surface area contributed by atoms with Crippen LogP contribution in [0.5, 0.6) is 11.5 Å². The van der Waals surface area contributed by atoms with Crippen LogP contribution >= 0.6 is 27.5 Å². The van der Waals surface area contributed by atoms with Crippen molar-refractivity contribution in [2.24, 2.45) is 0 Å². The van der Waals surface area contributed by atoms with Gasteiger partial charge in [0.2, 0.25) is 0 Å². The number of ether oxygens (including phenoxy) is 2. The van der Waals surface area contributed by atoms with E-state index in [0.29, 0.717) is 25.4 Å². The first-order valence-corrected chi connectivity index (χ1v) is 10.2. The minimum atomic E-state index is 0.478. The summed E-state index contributed by atoms with van der Waals surface area (Å²) in [6.07, 6.45) is 0. The van der Waals surface area contributed by atoms with Crippen LogP contribution in [0.25, 0.3) is 0 Å². The molecule has 3 rings (SSSR count). The second-order valence-electron chi connectivity index (χ2n) is 6.53. The van der Waals surface area contributed by atoms with Gasteiger partial charge < -0.3 is 14.8 Å². The van der Waals surface area contributed by atoms with Crippen LogP contribution in [-0.4, -0.2) is 7.11 Å². The first-order chi connectivity index (χ1) is 13.6. The van der Waals surface area contributed by atoms with Gasteiger partial charge in [-0.15, -0.1) is 0 Å². The molecule has 0 fully saturated rings. The lowest BCUT2D eigenvalue weighted by Crippen LogP contribution is -2.15. The van der Waals surface area contributed by atoms with Gasteiger partial charge in [0.1, 0.15) is 6.61 Å². The molecule has 0 radical (unpaired) electrons. The maximum Gasteiger partial charge on any atom is 0.167 e. The third-order valence-electron chi connectivity index (χ3n) is 4.43. The van der Waals surface area contributed by atoms with Crippen LogP contribution in [-0.2, 0) is 19.7 Å². The summed E-state index contributed by atoms with van der Waals surface area (Å²) in [5.41, 5.74) is 4.41. The van der Waals surface area contributed by atoms with Gasteiger partial charge in [0, 0.05) is 28.1 Å². The zero-order valence-electron chi connectivity index (χ0n) is 16.0. The number of methoxy groups -OCH3 is 1. The molecule has 146 valence electrons. The third kappa shape index (κ3) is 5.28. The summed E-state index contributed by atoms with van der Waals surface area (Å²) in [5.74, 6) is 1.45. The number of hydrogen-bond donors (Lipinski definition) is 1. The number of aryl methyl sites for hydroxylation is 1. The summed E-state index contributed by atoms with van der Waals surface area (Å²) in [6.45, 7) is 3.84.